The molecule has 1 fully saturated rings. The highest BCUT2D eigenvalue weighted by Gasteiger charge is 2.57. The Morgan fingerprint density at radius 2 is 1.23 bits per heavy atom. The summed E-state index contributed by atoms with van der Waals surface area (Å²) in [6.45, 7) is 1.40. The van der Waals surface area contributed by atoms with Gasteiger partial charge in [0.15, 0.2) is 0 Å². The maximum atomic E-state index is 6.48. The van der Waals surface area contributed by atoms with Gasteiger partial charge >= 0.3 is 0 Å². The van der Waals surface area contributed by atoms with Gasteiger partial charge in [0.25, 0.3) is 5.79 Å². The average molecular weight is 294 g/mol. The summed E-state index contributed by atoms with van der Waals surface area (Å²) < 4.78 is 18.8. The fourth-order valence-corrected chi connectivity index (χ4v) is 4.09. The average Bonchev–Trinajstić information content (AvgIpc) is 2.56. The summed E-state index contributed by atoms with van der Waals surface area (Å²) in [5, 5.41) is 0. The van der Waals surface area contributed by atoms with E-state index in [9.17, 15) is 0 Å². The summed E-state index contributed by atoms with van der Waals surface area (Å²) in [6, 6.07) is 16.6. The number of benzene rings is 2. The highest BCUT2D eigenvalue weighted by atomic mass is 16.7. The van der Waals surface area contributed by atoms with E-state index in [1.807, 2.05) is 12.1 Å². The molecule has 1 saturated heterocycles. The van der Waals surface area contributed by atoms with E-state index in [1.54, 1.807) is 0 Å². The van der Waals surface area contributed by atoms with Crippen molar-refractivity contribution in [3.63, 3.8) is 0 Å². The van der Waals surface area contributed by atoms with Gasteiger partial charge < -0.3 is 14.2 Å². The van der Waals surface area contributed by atoms with Crippen LogP contribution in [-0.4, -0.2) is 19.0 Å². The van der Waals surface area contributed by atoms with E-state index >= 15 is 0 Å². The normalized spacial score (nSPS) is 31.6. The number of hydrogen-bond donors (Lipinski definition) is 0. The summed E-state index contributed by atoms with van der Waals surface area (Å²) in [5.74, 6) is 1.85. The molecule has 2 aromatic carbocycles. The Balaban J connectivity index is 1.63. The molecule has 3 heteroatoms. The van der Waals surface area contributed by atoms with Gasteiger partial charge in [-0.3, -0.25) is 0 Å². The predicted octanol–water partition coefficient (Wildman–Crippen LogP) is 3.22. The Morgan fingerprint density at radius 3 is 1.77 bits per heavy atom. The molecule has 0 radical (unpaired) electrons. The van der Waals surface area contributed by atoms with E-state index in [4.69, 9.17) is 14.2 Å². The van der Waals surface area contributed by atoms with E-state index in [1.165, 1.54) is 11.1 Å². The van der Waals surface area contributed by atoms with Crippen LogP contribution in [0.5, 0.6) is 11.5 Å². The van der Waals surface area contributed by atoms with E-state index in [-0.39, 0.29) is 11.8 Å². The summed E-state index contributed by atoms with van der Waals surface area (Å²) in [6.07, 6.45) is 1.91. The molecule has 2 atom stereocenters. The molecule has 0 amide bonds. The van der Waals surface area contributed by atoms with Crippen molar-refractivity contribution in [3.8, 4) is 11.5 Å². The SMILES string of the molecule is c1ccc2c(c1)C[C@H]1COC[C@@H]3Cc4ccccc4OC13O2. The van der Waals surface area contributed by atoms with Crippen molar-refractivity contribution in [3.05, 3.63) is 59.7 Å². The van der Waals surface area contributed by atoms with Crippen molar-refractivity contribution in [2.24, 2.45) is 11.8 Å². The van der Waals surface area contributed by atoms with Crippen LogP contribution in [-0.2, 0) is 17.6 Å². The van der Waals surface area contributed by atoms with Crippen molar-refractivity contribution < 1.29 is 14.2 Å². The lowest BCUT2D eigenvalue weighted by Gasteiger charge is -2.53. The first-order valence-corrected chi connectivity index (χ1v) is 7.97. The van der Waals surface area contributed by atoms with Gasteiger partial charge in [0.05, 0.1) is 25.0 Å². The first-order valence-electron chi connectivity index (χ1n) is 7.97. The third kappa shape index (κ3) is 1.66. The van der Waals surface area contributed by atoms with Gasteiger partial charge in [0, 0.05) is 0 Å². The minimum Gasteiger partial charge on any atom is -0.451 e. The number of hydrogen-bond acceptors (Lipinski definition) is 3. The van der Waals surface area contributed by atoms with Crippen LogP contribution >= 0.6 is 0 Å². The zero-order chi connectivity index (χ0) is 14.6. The lowest BCUT2D eigenvalue weighted by molar-refractivity contribution is -0.257. The van der Waals surface area contributed by atoms with E-state index in [0.29, 0.717) is 13.2 Å². The van der Waals surface area contributed by atoms with Gasteiger partial charge in [-0.05, 0) is 36.1 Å². The smallest absolute Gasteiger partial charge is 0.261 e. The fraction of sp³-hybridized carbons (Fsp3) is 0.368. The first-order chi connectivity index (χ1) is 10.9. The molecule has 0 aromatic heterocycles. The van der Waals surface area contributed by atoms with Crippen LogP contribution in [0.25, 0.3) is 0 Å². The first kappa shape index (κ1) is 12.5. The molecule has 0 unspecified atom stereocenters. The van der Waals surface area contributed by atoms with Crippen LogP contribution in [0, 0.1) is 11.8 Å². The Bertz CT molecular complexity index is 663. The lowest BCUT2D eigenvalue weighted by atomic mass is 9.75. The number of rotatable bonds is 0. The fourth-order valence-electron chi connectivity index (χ4n) is 4.09. The molecule has 3 heterocycles. The topological polar surface area (TPSA) is 27.7 Å². The molecule has 3 nitrogen and oxygen atoms in total. The highest BCUT2D eigenvalue weighted by Crippen LogP contribution is 2.49. The second kappa shape index (κ2) is 4.50. The molecule has 3 aliphatic heterocycles. The van der Waals surface area contributed by atoms with Crippen LogP contribution in [0.15, 0.2) is 48.5 Å². The van der Waals surface area contributed by atoms with Crippen LogP contribution in [0.4, 0.5) is 0 Å². The molecule has 112 valence electrons. The second-order valence-electron chi connectivity index (χ2n) is 6.48. The summed E-state index contributed by atoms with van der Waals surface area (Å²) in [4.78, 5) is 0. The van der Waals surface area contributed by atoms with Gasteiger partial charge in [0.1, 0.15) is 11.5 Å². The molecular formula is C19H18O3. The molecule has 5 rings (SSSR count). The monoisotopic (exact) mass is 294 g/mol. The largest absolute Gasteiger partial charge is 0.451 e. The third-order valence-electron chi connectivity index (χ3n) is 5.19. The molecule has 1 spiro atoms. The second-order valence-corrected chi connectivity index (χ2v) is 6.48. The molecular weight excluding hydrogens is 276 g/mol. The lowest BCUT2D eigenvalue weighted by Crippen LogP contribution is -2.64. The van der Waals surface area contributed by atoms with Crippen molar-refractivity contribution in [2.45, 2.75) is 18.6 Å². The summed E-state index contributed by atoms with van der Waals surface area (Å²) >= 11 is 0. The van der Waals surface area contributed by atoms with Gasteiger partial charge in [-0.2, -0.15) is 0 Å². The minimum atomic E-state index is -0.568. The van der Waals surface area contributed by atoms with Gasteiger partial charge in [-0.1, -0.05) is 36.4 Å². The Kier molecular flexibility index (Phi) is 2.56. The molecule has 0 saturated carbocycles. The number of para-hydroxylation sites is 2. The molecule has 0 N–H and O–H groups in total. The van der Waals surface area contributed by atoms with Crippen molar-refractivity contribution in [1.82, 2.24) is 0 Å². The molecule has 2 aromatic rings. The zero-order valence-electron chi connectivity index (χ0n) is 12.3. The van der Waals surface area contributed by atoms with Crippen LogP contribution in [0.1, 0.15) is 11.1 Å². The molecule has 0 bridgehead atoms. The predicted molar refractivity (Wildman–Crippen MR) is 82.1 cm³/mol. The van der Waals surface area contributed by atoms with E-state index < -0.39 is 5.79 Å². The van der Waals surface area contributed by atoms with Crippen molar-refractivity contribution in [1.29, 1.82) is 0 Å². The highest BCUT2D eigenvalue weighted by molar-refractivity contribution is 5.41. The maximum absolute atomic E-state index is 6.48. The summed E-state index contributed by atoms with van der Waals surface area (Å²) in [7, 11) is 0. The Labute approximate surface area is 129 Å². The summed E-state index contributed by atoms with van der Waals surface area (Å²) in [5.41, 5.74) is 2.51. The van der Waals surface area contributed by atoms with Crippen molar-refractivity contribution >= 4 is 0 Å². The van der Waals surface area contributed by atoms with Crippen LogP contribution in [0.2, 0.25) is 0 Å². The standard InChI is InChI=1S/C19H18O3/c1-3-7-17-13(5-1)9-15-11-20-12-16-10-14-6-2-4-8-18(14)22-19(15,16)21-17/h1-8,15-16H,9-12H2/t15-,16-,19?/m0/s1. The van der Waals surface area contributed by atoms with Gasteiger partial charge in [-0.15, -0.1) is 0 Å². The quantitative estimate of drug-likeness (QED) is 0.746. The number of fused-ring (bicyclic) bond motifs is 2. The molecule has 22 heavy (non-hydrogen) atoms. The third-order valence-corrected chi connectivity index (χ3v) is 5.19. The Morgan fingerprint density at radius 1 is 0.727 bits per heavy atom. The van der Waals surface area contributed by atoms with Gasteiger partial charge in [0.2, 0.25) is 0 Å². The van der Waals surface area contributed by atoms with Crippen LogP contribution in [0.3, 0.4) is 0 Å². The van der Waals surface area contributed by atoms with Crippen LogP contribution < -0.4 is 9.47 Å². The number of ether oxygens (including phenoxy) is 3. The zero-order valence-corrected chi connectivity index (χ0v) is 12.3. The minimum absolute atomic E-state index is 0.245. The van der Waals surface area contributed by atoms with Crippen molar-refractivity contribution in [2.75, 3.05) is 13.2 Å². The van der Waals surface area contributed by atoms with E-state index in [0.717, 1.165) is 24.3 Å². The van der Waals surface area contributed by atoms with Gasteiger partial charge in [-0.25, -0.2) is 0 Å². The molecule has 3 aliphatic rings. The Hall–Kier alpha value is -2.00. The van der Waals surface area contributed by atoms with E-state index in [2.05, 4.69) is 36.4 Å². The molecule has 0 aliphatic carbocycles. The maximum Gasteiger partial charge on any atom is 0.261 e.